The maximum atomic E-state index is 11.6. The molecule has 0 fully saturated rings. The summed E-state index contributed by atoms with van der Waals surface area (Å²) in [5.41, 5.74) is 14.9. The number of aromatic nitrogens is 10. The predicted octanol–water partition coefficient (Wildman–Crippen LogP) is 6.46. The van der Waals surface area contributed by atoms with Crippen molar-refractivity contribution in [2.75, 3.05) is 64.8 Å². The van der Waals surface area contributed by atoms with Crippen LogP contribution in [0.2, 0.25) is 0 Å². The number of halogens is 5. The zero-order valence-corrected chi connectivity index (χ0v) is 52.8. The number of hydrogen-bond donors (Lipinski definition) is 3. The molecule has 27 heteroatoms. The number of carbonyl (C=O) groups is 2. The Morgan fingerprint density at radius 3 is 1.62 bits per heavy atom. The van der Waals surface area contributed by atoms with Crippen molar-refractivity contribution in [3.8, 4) is 17.8 Å². The molecule has 0 aliphatic rings. The first-order chi connectivity index (χ1) is 31.1. The number of H-pyrrole nitrogens is 1. The van der Waals surface area contributed by atoms with E-state index >= 15 is 0 Å². The molecule has 66 heavy (non-hydrogen) atoms. The van der Waals surface area contributed by atoms with Gasteiger partial charge in [0.2, 0.25) is 11.8 Å². The number of alkyl halides is 1. The molecule has 6 heterocycles. The normalized spacial score (nSPS) is 10.1. The molecule has 6 aromatic rings. The molecule has 20 nitrogen and oxygen atoms in total. The summed E-state index contributed by atoms with van der Waals surface area (Å²) in [4.78, 5) is 69.7. The monoisotopic (exact) mass is 1380 g/mol. The van der Waals surface area contributed by atoms with Gasteiger partial charge in [-0.1, -0.05) is 62.2 Å². The Kier molecular flexibility index (Phi) is 33.2. The van der Waals surface area contributed by atoms with Gasteiger partial charge < -0.3 is 35.5 Å². The van der Waals surface area contributed by atoms with E-state index in [0.717, 1.165) is 29.3 Å². The molecule has 0 saturated heterocycles. The Balaban J connectivity index is 0.000000556. The zero-order chi connectivity index (χ0) is 48.6. The van der Waals surface area contributed by atoms with Gasteiger partial charge in [0.1, 0.15) is 11.3 Å². The summed E-state index contributed by atoms with van der Waals surface area (Å²) in [6, 6.07) is 7.28. The molecule has 5 N–H and O–H groups in total. The van der Waals surface area contributed by atoms with E-state index in [1.54, 1.807) is 63.4 Å². The third-order valence-electron chi connectivity index (χ3n) is 8.33. The minimum absolute atomic E-state index is 0. The number of carbonyl (C=O) groups excluding carboxylic acids is 2. The van der Waals surface area contributed by atoms with E-state index in [1.807, 2.05) is 10.6 Å². The van der Waals surface area contributed by atoms with Gasteiger partial charge in [-0.15, -0.1) is 0 Å². The van der Waals surface area contributed by atoms with Crippen LogP contribution in [0.15, 0.2) is 50.9 Å². The van der Waals surface area contributed by atoms with Gasteiger partial charge in [-0.25, -0.2) is 24.7 Å². The summed E-state index contributed by atoms with van der Waals surface area (Å²) in [6.07, 6.45) is 7.81. The summed E-state index contributed by atoms with van der Waals surface area (Å²) < 4.78 is 21.0. The van der Waals surface area contributed by atoms with Crippen LogP contribution in [0, 0.1) is 0 Å². The number of nitrogens with one attached hydrogen (secondary N) is 1. The number of nitrogens with two attached hydrogens (primary N) is 2. The number of aromatic amines is 1. The van der Waals surface area contributed by atoms with Gasteiger partial charge in [-0.2, -0.15) is 15.0 Å². The van der Waals surface area contributed by atoms with Gasteiger partial charge in [-0.05, 0) is 55.8 Å². The van der Waals surface area contributed by atoms with Crippen LogP contribution in [0.3, 0.4) is 0 Å². The van der Waals surface area contributed by atoms with Crippen LogP contribution >= 0.6 is 85.0 Å². The molecule has 0 unspecified atom stereocenters. The number of ether oxygens (including phenoxy) is 3. The van der Waals surface area contributed by atoms with E-state index in [9.17, 15) is 14.4 Å². The van der Waals surface area contributed by atoms with Gasteiger partial charge in [-0.3, -0.25) is 23.7 Å². The number of imidazole rings is 2. The van der Waals surface area contributed by atoms with Crippen LogP contribution < -0.4 is 31.4 Å². The van der Waals surface area contributed by atoms with E-state index in [2.05, 4.69) is 139 Å². The number of fused-ring (bicyclic) bond motifs is 2. The molecule has 6 rings (SSSR count). The summed E-state index contributed by atoms with van der Waals surface area (Å²) in [5, 5.41) is 1.16. The second kappa shape index (κ2) is 34.6. The number of nitrogens with zero attached hydrogens (tertiary/aromatic N) is 11. The molecular weight excluding hydrogens is 1330 g/mol. The van der Waals surface area contributed by atoms with Crippen LogP contribution in [0.4, 0.5) is 11.6 Å². The van der Waals surface area contributed by atoms with Gasteiger partial charge in [0.15, 0.2) is 45.3 Å². The third-order valence-corrected chi connectivity index (χ3v) is 10.1. The fourth-order valence-electron chi connectivity index (χ4n) is 4.85. The Hall–Kier alpha value is -0.687. The molecule has 0 saturated carbocycles. The summed E-state index contributed by atoms with van der Waals surface area (Å²) in [7, 11) is 6.65. The first-order valence-electron chi connectivity index (χ1n) is 20.1. The second-order valence-corrected chi connectivity index (χ2v) is 15.7. The van der Waals surface area contributed by atoms with Crippen molar-refractivity contribution in [3.63, 3.8) is 0 Å². The van der Waals surface area contributed by atoms with Crippen LogP contribution in [0.5, 0.6) is 17.8 Å². The van der Waals surface area contributed by atoms with Gasteiger partial charge in [0.05, 0.1) is 19.7 Å². The van der Waals surface area contributed by atoms with Crippen molar-refractivity contribution >= 4 is 194 Å². The van der Waals surface area contributed by atoms with E-state index in [0.29, 0.717) is 63.3 Å². The molecule has 0 bridgehead atoms. The van der Waals surface area contributed by atoms with Crippen LogP contribution in [0.1, 0.15) is 58.1 Å². The fraction of sp³-hybridized carbons (Fsp3) is 0.436. The SMILES string of the molecule is C.CCCCBr.CCCCOc1nc(N)c2nc(Br)n(Cc3ccc(OCC(=O)N(C)C)nc3)c2n1.CN(C)C(=O)COc1ccc(Cn2c(Br)nc3c(N)[nH]c(=O)nc32)cn1.II.[K][K]. The molecule has 0 aliphatic heterocycles. The van der Waals surface area contributed by atoms with Crippen LogP contribution in [-0.4, -0.2) is 187 Å². The summed E-state index contributed by atoms with van der Waals surface area (Å²) in [5.74, 6) is 0.853. The predicted molar refractivity (Wildman–Crippen MR) is 288 cm³/mol. The first kappa shape index (κ1) is 63.3. The maximum absolute atomic E-state index is 11.6. The summed E-state index contributed by atoms with van der Waals surface area (Å²) >= 11 is 16.9. The Morgan fingerprint density at radius 2 is 1.21 bits per heavy atom. The standard InChI is InChI=1S/C19H24BrN7O3.C15H16BrN7O3.C4H9Br.CH4.I2.2K/c1-4-5-8-29-19-24-16(21)15-17(25-19)27(18(20)23-15)10-12-6-7-13(22-9-12)30-11-14(28)26(2)3;1-22(2)10(24)7-26-9-4-3-8(5-18-9)6-23-13-11(19-14(23)16)12(17)20-15(25)21-13;1-2-3-4-5;;1-2;;/h6-7,9H,4-5,8,10-11H2,1-3H3,(H2,21,24,25);3-5H,6-7H2,1-2H3,(H3,17,20,21,25);2-4H2,1H3;1H4;;;. The van der Waals surface area contributed by atoms with E-state index in [-0.39, 0.29) is 50.1 Å². The molecule has 352 valence electrons. The minimum atomic E-state index is -0.545. The van der Waals surface area contributed by atoms with Gasteiger partial charge >= 0.3 is 74.9 Å². The van der Waals surface area contributed by atoms with Crippen molar-refractivity contribution in [1.29, 1.82) is 0 Å². The first-order valence-corrected chi connectivity index (χ1v) is 45.1. The molecule has 0 spiro atoms. The topological polar surface area (TPSA) is 253 Å². The molecule has 6 aromatic heterocycles. The zero-order valence-electron chi connectivity index (χ0n) is 37.4. The van der Waals surface area contributed by atoms with E-state index in [4.69, 9.17) is 25.7 Å². The Bertz CT molecular complexity index is 2450. The molecule has 2 amide bonds. The number of rotatable bonds is 16. The van der Waals surface area contributed by atoms with Gasteiger partial charge in [0, 0.05) is 95.3 Å². The quantitative estimate of drug-likeness (QED) is 0.0309. The Morgan fingerprint density at radius 1 is 0.742 bits per heavy atom. The molecule has 0 aromatic carbocycles. The molecule has 0 atom stereocenters. The number of pyridine rings is 2. The average Bonchev–Trinajstić information content (AvgIpc) is 3.79. The number of unbranched alkanes of at least 4 members (excludes halogenated alkanes) is 2. The Labute approximate surface area is 478 Å². The van der Waals surface area contributed by atoms with Crippen molar-refractivity contribution in [3.05, 3.63) is 67.7 Å². The molecule has 0 aliphatic carbocycles. The average molecular weight is 1390 g/mol. The van der Waals surface area contributed by atoms with Crippen LogP contribution in [0.25, 0.3) is 22.3 Å². The van der Waals surface area contributed by atoms with E-state index < -0.39 is 5.69 Å². The number of amides is 2. The third kappa shape index (κ3) is 21.0. The van der Waals surface area contributed by atoms with Crippen molar-refractivity contribution < 1.29 is 23.8 Å². The summed E-state index contributed by atoms with van der Waals surface area (Å²) in [6.45, 7) is 5.47. The number of nitrogen functional groups attached to an aromatic ring is 2. The number of anilines is 2. The second-order valence-electron chi connectivity index (χ2n) is 13.5. The van der Waals surface area contributed by atoms with Crippen molar-refractivity contribution in [2.45, 2.75) is 60.0 Å². The fourth-order valence-corrected chi connectivity index (χ4v) is 6.35. The molecule has 0 radical (unpaired) electrons. The van der Waals surface area contributed by atoms with Crippen molar-refractivity contribution in [1.82, 2.24) is 58.8 Å². The van der Waals surface area contributed by atoms with Crippen LogP contribution in [-0.2, 0) is 22.7 Å². The molecular formula is C39H53Br3I2K2N14O6. The van der Waals surface area contributed by atoms with Crippen molar-refractivity contribution in [2.24, 2.45) is 0 Å². The van der Waals surface area contributed by atoms with E-state index in [1.165, 1.54) is 85.8 Å². The van der Waals surface area contributed by atoms with Gasteiger partial charge in [0.25, 0.3) is 11.8 Å². The number of likely N-dealkylation sites (N-methyl/N-ethyl adjacent to an activating group) is 2. The number of hydrogen-bond acceptors (Lipinski definition) is 15.